The molecule has 2 aromatic carbocycles. The van der Waals surface area contributed by atoms with Crippen molar-refractivity contribution in [2.75, 3.05) is 6.61 Å². The fourth-order valence-corrected chi connectivity index (χ4v) is 10.0. The number of rotatable bonds is 12. The van der Waals surface area contributed by atoms with Crippen LogP contribution in [0, 0.1) is 16.7 Å². The first kappa shape index (κ1) is 46.3. The molecule has 1 heterocycles. The number of allylic oxidation sites excluding steroid dienone is 1. The molecule has 2 aromatic rings. The molecule has 1 saturated heterocycles. The molecule has 1 amide bonds. The minimum absolute atomic E-state index is 0.0498. The highest BCUT2D eigenvalue weighted by molar-refractivity contribution is 5.96. The normalized spacial score (nSPS) is 32.2. The van der Waals surface area contributed by atoms with E-state index in [0.29, 0.717) is 11.1 Å². The van der Waals surface area contributed by atoms with Crippen molar-refractivity contribution in [3.63, 3.8) is 0 Å². The van der Waals surface area contributed by atoms with E-state index < -0.39 is 119 Å². The number of benzene rings is 2. The predicted molar refractivity (Wildman–Crippen MR) is 221 cm³/mol. The van der Waals surface area contributed by atoms with Crippen molar-refractivity contribution < 1.29 is 67.8 Å². The summed E-state index contributed by atoms with van der Waals surface area (Å²) in [6, 6.07) is 15.4. The zero-order chi connectivity index (χ0) is 45.5. The van der Waals surface area contributed by atoms with Crippen LogP contribution in [-0.4, -0.2) is 105 Å². The molecule has 3 aliphatic carbocycles. The number of nitrogens with one attached hydrogen (secondary N) is 1. The van der Waals surface area contributed by atoms with Crippen LogP contribution < -0.4 is 5.32 Å². The zero-order valence-electron chi connectivity index (χ0n) is 36.3. The molecule has 4 aliphatic rings. The molecule has 62 heavy (non-hydrogen) atoms. The van der Waals surface area contributed by atoms with Crippen molar-refractivity contribution in [2.45, 2.75) is 135 Å². The van der Waals surface area contributed by atoms with Crippen LogP contribution in [0.3, 0.4) is 0 Å². The molecular weight excluding hydrogens is 803 g/mol. The summed E-state index contributed by atoms with van der Waals surface area (Å²) in [6.45, 7) is 11.9. The SMILES string of the molecule is C/C=C(\C)C(=O)N[C@@H](c1ccccc1)[C@@H](O)CC(=O)O[C@H]1C[C@@]2(O)[C@@H](OC(=O)c3ccccc3)C3[C@](C)(C(=O)[C@H](OC(=O)CC)C(=C1C)C2(C)C)[C@@H](O)C[C@H]1OC[C@@]31OC(C)=O. The number of aliphatic hydroxyl groups excluding tert-OH is 2. The molecule has 3 fully saturated rings. The van der Waals surface area contributed by atoms with Crippen molar-refractivity contribution in [3.05, 3.63) is 94.6 Å². The van der Waals surface area contributed by atoms with Gasteiger partial charge in [-0.05, 0) is 56.5 Å². The minimum atomic E-state index is -2.34. The Hall–Kier alpha value is -5.22. The average molecular weight is 860 g/mol. The van der Waals surface area contributed by atoms with Gasteiger partial charge in [0.2, 0.25) is 5.91 Å². The third kappa shape index (κ3) is 7.88. The summed E-state index contributed by atoms with van der Waals surface area (Å²) in [5.41, 5.74) is -6.47. The van der Waals surface area contributed by atoms with Gasteiger partial charge in [0.1, 0.15) is 23.9 Å². The molecule has 11 atom stereocenters. The first-order valence-electron chi connectivity index (χ1n) is 21.0. The van der Waals surface area contributed by atoms with Crippen molar-refractivity contribution >= 4 is 35.6 Å². The lowest BCUT2D eigenvalue weighted by molar-refractivity contribution is -0.346. The first-order chi connectivity index (χ1) is 29.2. The maximum absolute atomic E-state index is 15.5. The van der Waals surface area contributed by atoms with E-state index in [-0.39, 0.29) is 36.2 Å². The molecule has 0 aromatic heterocycles. The topological polar surface area (TPSA) is 221 Å². The number of ether oxygens (including phenoxy) is 5. The van der Waals surface area contributed by atoms with Crippen LogP contribution in [0.5, 0.6) is 0 Å². The van der Waals surface area contributed by atoms with Crippen molar-refractivity contribution in [3.8, 4) is 0 Å². The second kappa shape index (κ2) is 17.5. The van der Waals surface area contributed by atoms with Gasteiger partial charge in [-0.25, -0.2) is 4.79 Å². The van der Waals surface area contributed by atoms with E-state index in [4.69, 9.17) is 23.7 Å². The van der Waals surface area contributed by atoms with Gasteiger partial charge in [0.05, 0.1) is 48.2 Å². The second-order valence-corrected chi connectivity index (χ2v) is 17.6. The van der Waals surface area contributed by atoms with E-state index in [1.165, 1.54) is 26.0 Å². The fraction of sp³-hybridized carbons (Fsp3) is 0.532. The molecule has 4 N–H and O–H groups in total. The van der Waals surface area contributed by atoms with Crippen LogP contribution in [0.15, 0.2) is 83.5 Å². The highest BCUT2D eigenvalue weighted by Gasteiger charge is 2.78. The van der Waals surface area contributed by atoms with Gasteiger partial charge >= 0.3 is 23.9 Å². The number of ketones is 1. The Labute approximate surface area is 360 Å². The summed E-state index contributed by atoms with van der Waals surface area (Å²) in [6.07, 6.45) is -8.87. The summed E-state index contributed by atoms with van der Waals surface area (Å²) < 4.78 is 30.5. The number of hydrogen-bond acceptors (Lipinski definition) is 14. The Morgan fingerprint density at radius 1 is 0.952 bits per heavy atom. The van der Waals surface area contributed by atoms with Crippen LogP contribution in [-0.2, 0) is 47.7 Å². The zero-order valence-corrected chi connectivity index (χ0v) is 36.3. The standard InChI is InChI=1S/C47H57NO14/c1-9-25(3)42(55)48-37(28-17-13-11-14-18-28)30(50)21-35(53)59-31-23-47(57)41(61-43(56)29-19-15-12-16-20-29)39-45(8,32(51)22-33-46(39,24-58-33)62-27(5)49)40(54)38(60-34(52)10-2)36(26(31)4)44(47,6)7/h9,11-20,30-33,37-39,41,50-51,57H,10,21-24H2,1-8H3,(H,48,55)/b25-9+/t30-,31-,32-,33+,37-,38+,39?,41-,45+,46-,47+/m0/s1. The average Bonchev–Trinajstić information content (AvgIpc) is 3.23. The van der Waals surface area contributed by atoms with Crippen LogP contribution in [0.4, 0.5) is 0 Å². The summed E-state index contributed by atoms with van der Waals surface area (Å²) in [5.74, 6) is -6.23. The summed E-state index contributed by atoms with van der Waals surface area (Å²) in [7, 11) is 0. The quantitative estimate of drug-likeness (QED) is 0.102. The third-order valence-corrected chi connectivity index (χ3v) is 13.7. The molecule has 1 unspecified atom stereocenters. The van der Waals surface area contributed by atoms with Gasteiger partial charge in [-0.1, -0.05) is 75.4 Å². The largest absolute Gasteiger partial charge is 0.458 e. The molecule has 334 valence electrons. The first-order valence-corrected chi connectivity index (χ1v) is 21.0. The van der Waals surface area contributed by atoms with E-state index in [2.05, 4.69) is 5.32 Å². The Morgan fingerprint density at radius 2 is 1.58 bits per heavy atom. The van der Waals surface area contributed by atoms with Crippen LogP contribution in [0.1, 0.15) is 103 Å². The number of fused-ring (bicyclic) bond motifs is 5. The van der Waals surface area contributed by atoms with Crippen molar-refractivity contribution in [2.24, 2.45) is 16.7 Å². The number of amides is 1. The maximum atomic E-state index is 15.5. The number of Topliss-reactive ketones (excluding diaryl/α,β-unsaturated/α-hetero) is 1. The number of carbonyl (C=O) groups is 6. The van der Waals surface area contributed by atoms with Gasteiger partial charge in [0, 0.05) is 37.2 Å². The molecule has 2 saturated carbocycles. The molecule has 6 rings (SSSR count). The van der Waals surface area contributed by atoms with Gasteiger partial charge in [0.15, 0.2) is 17.5 Å². The molecule has 2 bridgehead atoms. The summed E-state index contributed by atoms with van der Waals surface area (Å²) >= 11 is 0. The van der Waals surface area contributed by atoms with Gasteiger partial charge in [0.25, 0.3) is 0 Å². The van der Waals surface area contributed by atoms with E-state index in [9.17, 15) is 39.3 Å². The number of esters is 4. The molecular formula is C47H57NO14. The van der Waals surface area contributed by atoms with Gasteiger partial charge in [-0.2, -0.15) is 0 Å². The van der Waals surface area contributed by atoms with E-state index >= 15 is 4.79 Å². The van der Waals surface area contributed by atoms with Crippen LogP contribution in [0.2, 0.25) is 0 Å². The lowest BCUT2D eigenvalue weighted by atomic mass is 9.44. The molecule has 15 nitrogen and oxygen atoms in total. The number of hydrogen-bond donors (Lipinski definition) is 4. The summed E-state index contributed by atoms with van der Waals surface area (Å²) in [5, 5.41) is 40.1. The number of carbonyl (C=O) groups excluding carboxylic acids is 6. The molecule has 15 heteroatoms. The highest BCUT2D eigenvalue weighted by Crippen LogP contribution is 2.64. The lowest BCUT2D eigenvalue weighted by Crippen LogP contribution is -2.82. The lowest BCUT2D eigenvalue weighted by Gasteiger charge is -2.67. The van der Waals surface area contributed by atoms with E-state index in [1.54, 1.807) is 89.2 Å². The Kier molecular flexibility index (Phi) is 13.1. The summed E-state index contributed by atoms with van der Waals surface area (Å²) in [4.78, 5) is 83.2. The van der Waals surface area contributed by atoms with Gasteiger partial charge in [-0.3, -0.25) is 24.0 Å². The minimum Gasteiger partial charge on any atom is -0.458 e. The third-order valence-electron chi connectivity index (χ3n) is 13.7. The fourth-order valence-electron chi connectivity index (χ4n) is 10.0. The van der Waals surface area contributed by atoms with E-state index in [0.717, 1.165) is 6.92 Å². The van der Waals surface area contributed by atoms with E-state index in [1.807, 2.05) is 0 Å². The van der Waals surface area contributed by atoms with Crippen molar-refractivity contribution in [1.29, 1.82) is 0 Å². The monoisotopic (exact) mass is 859 g/mol. The van der Waals surface area contributed by atoms with Gasteiger partial charge < -0.3 is 44.3 Å². The molecule has 0 spiro atoms. The molecule has 0 radical (unpaired) electrons. The predicted octanol–water partition coefficient (Wildman–Crippen LogP) is 4.17. The molecule has 1 aliphatic heterocycles. The van der Waals surface area contributed by atoms with Crippen LogP contribution >= 0.6 is 0 Å². The smallest absolute Gasteiger partial charge is 0.338 e. The Balaban J connectivity index is 1.51. The maximum Gasteiger partial charge on any atom is 0.338 e. The van der Waals surface area contributed by atoms with Gasteiger partial charge in [-0.15, -0.1) is 0 Å². The highest BCUT2D eigenvalue weighted by atomic mass is 16.6. The number of aliphatic hydroxyl groups is 3. The second-order valence-electron chi connectivity index (χ2n) is 17.6. The van der Waals surface area contributed by atoms with Crippen LogP contribution in [0.25, 0.3) is 0 Å². The Morgan fingerprint density at radius 3 is 2.15 bits per heavy atom. The Bertz CT molecular complexity index is 2150. The van der Waals surface area contributed by atoms with Crippen molar-refractivity contribution in [1.82, 2.24) is 5.32 Å².